The van der Waals surface area contributed by atoms with Gasteiger partial charge in [-0.15, -0.1) is 23.1 Å². The third kappa shape index (κ3) is 3.97. The van der Waals surface area contributed by atoms with Crippen molar-refractivity contribution in [2.45, 2.75) is 18.0 Å². The van der Waals surface area contributed by atoms with Crippen LogP contribution in [0.2, 0.25) is 0 Å². The van der Waals surface area contributed by atoms with Crippen LogP contribution in [0.5, 0.6) is 0 Å². The molecule has 3 aromatic rings. The van der Waals surface area contributed by atoms with Crippen LogP contribution in [-0.2, 0) is 25.8 Å². The lowest BCUT2D eigenvalue weighted by atomic mass is 10.0. The monoisotopic (exact) mass is 515 g/mol. The summed E-state index contributed by atoms with van der Waals surface area (Å²) in [7, 11) is 1.28. The number of nitrogens with zero attached hydrogens (tertiary/aromatic N) is 6. The lowest BCUT2D eigenvalue weighted by molar-refractivity contribution is -0.664. The zero-order valence-electron chi connectivity index (χ0n) is 18.2. The number of hydrogen-bond donors (Lipinski definition) is 3. The van der Waals surface area contributed by atoms with Crippen molar-refractivity contribution in [3.8, 4) is 0 Å². The number of β-lactam (4-membered cyclic amide) rings is 1. The summed E-state index contributed by atoms with van der Waals surface area (Å²) in [4.78, 5) is 48.0. The van der Waals surface area contributed by atoms with E-state index in [0.29, 0.717) is 11.3 Å². The first-order chi connectivity index (χ1) is 16.9. The number of nitrogens with two attached hydrogens (primary N) is 1. The Morgan fingerprint density at radius 3 is 2.97 bits per heavy atom. The van der Waals surface area contributed by atoms with E-state index in [1.54, 1.807) is 22.4 Å². The number of nitrogen functional groups attached to an aromatic ring is 1. The van der Waals surface area contributed by atoms with E-state index in [1.165, 1.54) is 23.8 Å². The number of nitrogens with one attached hydrogen (secondary N) is 1. The molecule has 4 N–H and O–H groups in total. The molecule has 13 nitrogen and oxygen atoms in total. The summed E-state index contributed by atoms with van der Waals surface area (Å²) in [5.74, 6) is -2.05. The number of oxime groups is 1. The number of fused-ring (bicyclic) bond motifs is 2. The van der Waals surface area contributed by atoms with Gasteiger partial charge in [-0.05, 0) is 6.07 Å². The third-order valence-corrected chi connectivity index (χ3v) is 7.50. The standard InChI is InChI=1S/C20H18N8O5S2/c1-33-25-13(11-8-35-20(21)23-11)16(29)24-14-17(30)28-15(19(31)32)10(7-34-18(14)28)6-26-9-22-27-5-3-2-4-12(26)27/h2-5,8-9,14,18H,6-7H2,1H3,(H3-,21,23,24,29,31,32)/p+1/b25-13+/t14-,18-/m1/s1. The molecule has 0 bridgehead atoms. The number of hydrogen-bond acceptors (Lipinski definition) is 10. The smallest absolute Gasteiger partial charge is 0.352 e. The minimum Gasteiger partial charge on any atom is -0.477 e. The van der Waals surface area contributed by atoms with E-state index in [9.17, 15) is 19.5 Å². The lowest BCUT2D eigenvalue weighted by Crippen LogP contribution is -2.71. The Morgan fingerprint density at radius 1 is 1.43 bits per heavy atom. The molecule has 5 heterocycles. The van der Waals surface area contributed by atoms with Crippen LogP contribution in [-0.4, -0.2) is 72.4 Å². The number of carbonyl (C=O) groups excluding carboxylic acids is 2. The molecule has 1 fully saturated rings. The topological polar surface area (TPSA) is 168 Å². The number of thiazole rings is 1. The van der Waals surface area contributed by atoms with Crippen molar-refractivity contribution in [3.05, 3.63) is 53.1 Å². The zero-order valence-corrected chi connectivity index (χ0v) is 19.8. The quantitative estimate of drug-likeness (QED) is 0.162. The molecule has 2 atom stereocenters. The first kappa shape index (κ1) is 22.8. The summed E-state index contributed by atoms with van der Waals surface area (Å²) in [6.45, 7) is 0.256. The summed E-state index contributed by atoms with van der Waals surface area (Å²) in [5.41, 5.74) is 7.00. The highest BCUT2D eigenvalue weighted by Gasteiger charge is 2.54. The van der Waals surface area contributed by atoms with Crippen LogP contribution < -0.4 is 15.6 Å². The van der Waals surface area contributed by atoms with Gasteiger partial charge in [-0.2, -0.15) is 0 Å². The van der Waals surface area contributed by atoms with Crippen molar-refractivity contribution < 1.29 is 28.9 Å². The van der Waals surface area contributed by atoms with Gasteiger partial charge in [0.1, 0.15) is 36.1 Å². The number of thioether (sulfide) groups is 1. The average molecular weight is 516 g/mol. The highest BCUT2D eigenvalue weighted by Crippen LogP contribution is 2.40. The van der Waals surface area contributed by atoms with E-state index in [-0.39, 0.29) is 28.8 Å². The van der Waals surface area contributed by atoms with E-state index in [1.807, 2.05) is 22.8 Å². The van der Waals surface area contributed by atoms with Gasteiger partial charge in [0.2, 0.25) is 0 Å². The number of pyridine rings is 1. The molecule has 180 valence electrons. The molecule has 2 aliphatic rings. The van der Waals surface area contributed by atoms with E-state index < -0.39 is 29.2 Å². The molecular formula is C20H19N8O5S2+. The van der Waals surface area contributed by atoms with Crippen molar-refractivity contribution in [3.63, 3.8) is 0 Å². The largest absolute Gasteiger partial charge is 0.477 e. The second kappa shape index (κ2) is 8.99. The SMILES string of the molecule is CO/N=C(/C(=O)N[C@@H]1C(=O)N2C(C(=O)O)=C(C[n+]3cnn4ccccc43)CS[C@H]12)c1csc(N)n1. The molecule has 2 aliphatic heterocycles. The molecule has 2 amide bonds. The number of aromatic nitrogens is 4. The fraction of sp³-hybridized carbons (Fsp3) is 0.250. The Kier molecular flexibility index (Phi) is 5.86. The van der Waals surface area contributed by atoms with Gasteiger partial charge in [-0.1, -0.05) is 15.7 Å². The van der Waals surface area contributed by atoms with Crippen LogP contribution in [0.4, 0.5) is 5.13 Å². The molecule has 15 heteroatoms. The van der Waals surface area contributed by atoms with E-state index >= 15 is 0 Å². The summed E-state index contributed by atoms with van der Waals surface area (Å²) >= 11 is 2.50. The Balaban J connectivity index is 1.37. The number of carboxylic acids is 1. The molecule has 0 aliphatic carbocycles. The predicted molar refractivity (Wildman–Crippen MR) is 125 cm³/mol. The highest BCUT2D eigenvalue weighted by molar-refractivity contribution is 8.00. The maximum atomic E-state index is 13.0. The fourth-order valence-corrected chi connectivity index (χ4v) is 5.84. The van der Waals surface area contributed by atoms with Gasteiger partial charge in [0.25, 0.3) is 23.8 Å². The van der Waals surface area contributed by atoms with Crippen LogP contribution in [0.3, 0.4) is 0 Å². The number of carbonyl (C=O) groups is 3. The van der Waals surface area contributed by atoms with Crippen molar-refractivity contribution >= 4 is 57.4 Å². The summed E-state index contributed by atoms with van der Waals surface area (Å²) < 4.78 is 3.49. The van der Waals surface area contributed by atoms with Gasteiger partial charge < -0.3 is 21.0 Å². The second-order valence-corrected chi connectivity index (χ2v) is 9.57. The molecule has 3 aromatic heterocycles. The zero-order chi connectivity index (χ0) is 24.7. The van der Waals surface area contributed by atoms with Gasteiger partial charge in [0.15, 0.2) is 10.8 Å². The fourth-order valence-electron chi connectivity index (χ4n) is 3.96. The maximum absolute atomic E-state index is 13.0. The van der Waals surface area contributed by atoms with Gasteiger partial charge in [0, 0.05) is 27.9 Å². The van der Waals surface area contributed by atoms with Gasteiger partial charge in [0.05, 0.1) is 6.54 Å². The van der Waals surface area contributed by atoms with Crippen LogP contribution >= 0.6 is 23.1 Å². The first-order valence-corrected chi connectivity index (χ1v) is 12.2. The van der Waals surface area contributed by atoms with Crippen molar-refractivity contribution in [1.82, 2.24) is 24.8 Å². The maximum Gasteiger partial charge on any atom is 0.352 e. The minimum absolute atomic E-state index is 0.0786. The molecule has 0 spiro atoms. The Hall–Kier alpha value is -3.98. The number of carboxylic acid groups (broad SMARTS) is 1. The van der Waals surface area contributed by atoms with Crippen LogP contribution in [0, 0.1) is 0 Å². The van der Waals surface area contributed by atoms with Crippen LogP contribution in [0.15, 0.2) is 52.5 Å². The molecular weight excluding hydrogens is 496 g/mol. The molecule has 0 radical (unpaired) electrons. The first-order valence-electron chi connectivity index (χ1n) is 10.2. The van der Waals surface area contributed by atoms with E-state index in [0.717, 1.165) is 17.0 Å². The number of anilines is 1. The average Bonchev–Trinajstić information content (AvgIpc) is 3.46. The number of amides is 2. The van der Waals surface area contributed by atoms with Gasteiger partial charge in [-0.3, -0.25) is 14.5 Å². The number of rotatable bonds is 7. The van der Waals surface area contributed by atoms with Crippen molar-refractivity contribution in [2.75, 3.05) is 18.6 Å². The van der Waals surface area contributed by atoms with Crippen molar-refractivity contribution in [1.29, 1.82) is 0 Å². The third-order valence-electron chi connectivity index (χ3n) is 5.49. The lowest BCUT2D eigenvalue weighted by Gasteiger charge is -2.49. The Morgan fingerprint density at radius 2 is 2.26 bits per heavy atom. The Bertz CT molecular complexity index is 1410. The molecule has 0 saturated carbocycles. The molecule has 5 rings (SSSR count). The predicted octanol–water partition coefficient (Wildman–Crippen LogP) is -0.550. The minimum atomic E-state index is -1.21. The van der Waals surface area contributed by atoms with Gasteiger partial charge >= 0.3 is 5.97 Å². The summed E-state index contributed by atoms with van der Waals surface area (Å²) in [5, 5.41) is 21.8. The molecule has 1 saturated heterocycles. The van der Waals surface area contributed by atoms with Crippen LogP contribution in [0.1, 0.15) is 5.69 Å². The molecule has 0 aromatic carbocycles. The normalized spacial score (nSPS) is 20.0. The molecule has 35 heavy (non-hydrogen) atoms. The summed E-state index contributed by atoms with van der Waals surface area (Å²) in [6, 6.07) is 4.64. The Labute approximate surface area is 205 Å². The second-order valence-electron chi connectivity index (χ2n) is 7.57. The van der Waals surface area contributed by atoms with E-state index in [4.69, 9.17) is 10.6 Å². The van der Waals surface area contributed by atoms with Crippen LogP contribution in [0.25, 0.3) is 5.65 Å². The molecule has 0 unspecified atom stereocenters. The van der Waals surface area contributed by atoms with Gasteiger partial charge in [-0.25, -0.2) is 14.3 Å². The van der Waals surface area contributed by atoms with E-state index in [2.05, 4.69) is 20.6 Å². The highest BCUT2D eigenvalue weighted by atomic mass is 32.2. The summed E-state index contributed by atoms with van der Waals surface area (Å²) in [6.07, 6.45) is 3.40. The number of aliphatic carboxylic acids is 1. The van der Waals surface area contributed by atoms with Crippen molar-refractivity contribution in [2.24, 2.45) is 5.16 Å².